The van der Waals surface area contributed by atoms with Gasteiger partial charge in [-0.25, -0.2) is 14.8 Å². The summed E-state index contributed by atoms with van der Waals surface area (Å²) in [7, 11) is 0. The molecular weight excluding hydrogens is 372 g/mol. The second-order valence-corrected chi connectivity index (χ2v) is 7.52. The Balaban J connectivity index is 1.61. The van der Waals surface area contributed by atoms with Crippen LogP contribution in [0.5, 0.6) is 0 Å². The summed E-state index contributed by atoms with van der Waals surface area (Å²) in [4.78, 5) is 22.3. The number of anilines is 2. The van der Waals surface area contributed by atoms with Crippen molar-refractivity contribution in [1.82, 2.24) is 14.4 Å². The smallest absolute Gasteiger partial charge is 0.338 e. The summed E-state index contributed by atoms with van der Waals surface area (Å²) in [5.74, 6) is -0.315. The van der Waals surface area contributed by atoms with Crippen LogP contribution in [0.25, 0.3) is 17.0 Å². The average molecular weight is 392 g/mol. The quantitative estimate of drug-likeness (QED) is 0.484. The molecule has 0 aliphatic rings. The highest BCUT2D eigenvalue weighted by Crippen LogP contribution is 2.34. The first kappa shape index (κ1) is 18.2. The van der Waals surface area contributed by atoms with Crippen LogP contribution in [0.1, 0.15) is 27.9 Å². The topological polar surface area (TPSA) is 68.5 Å². The summed E-state index contributed by atoms with van der Waals surface area (Å²) in [6, 6.07) is 13.1. The van der Waals surface area contributed by atoms with Gasteiger partial charge in [0.2, 0.25) is 0 Å². The van der Waals surface area contributed by atoms with E-state index >= 15 is 0 Å². The van der Waals surface area contributed by atoms with E-state index in [4.69, 9.17) is 9.72 Å². The van der Waals surface area contributed by atoms with E-state index in [2.05, 4.69) is 21.6 Å². The molecule has 1 N–H and O–H groups in total. The maximum absolute atomic E-state index is 11.8. The van der Waals surface area contributed by atoms with Crippen molar-refractivity contribution in [3.63, 3.8) is 0 Å². The summed E-state index contributed by atoms with van der Waals surface area (Å²) in [6.07, 6.45) is 2.00. The molecule has 3 aromatic heterocycles. The Morgan fingerprint density at radius 3 is 2.68 bits per heavy atom. The number of nitrogens with one attached hydrogen (secondary N) is 1. The molecule has 0 unspecified atom stereocenters. The Labute approximate surface area is 166 Å². The first-order valence-corrected chi connectivity index (χ1v) is 9.84. The summed E-state index contributed by atoms with van der Waals surface area (Å²) < 4.78 is 7.08. The minimum absolute atomic E-state index is 0.315. The Morgan fingerprint density at radius 1 is 1.14 bits per heavy atom. The van der Waals surface area contributed by atoms with Gasteiger partial charge in [-0.1, -0.05) is 6.07 Å². The number of aryl methyl sites for hydroxylation is 2. The SMILES string of the molecule is CCOC(=O)c1ccc(Nc2nc(-c3c(C)nc4ccccn34)c(C)s2)cc1. The Bertz CT molecular complexity index is 1150. The zero-order valence-electron chi connectivity index (χ0n) is 15.9. The van der Waals surface area contributed by atoms with E-state index in [1.54, 1.807) is 30.4 Å². The maximum Gasteiger partial charge on any atom is 0.338 e. The number of thiazole rings is 1. The molecule has 4 rings (SSSR count). The number of carbonyl (C=O) groups is 1. The van der Waals surface area contributed by atoms with E-state index in [9.17, 15) is 4.79 Å². The Hall–Kier alpha value is -3.19. The van der Waals surface area contributed by atoms with Gasteiger partial charge in [-0.15, -0.1) is 11.3 Å². The molecule has 3 heterocycles. The van der Waals surface area contributed by atoms with E-state index in [1.807, 2.05) is 43.5 Å². The van der Waals surface area contributed by atoms with Crippen LogP contribution >= 0.6 is 11.3 Å². The van der Waals surface area contributed by atoms with E-state index < -0.39 is 0 Å². The molecule has 0 saturated heterocycles. The van der Waals surface area contributed by atoms with E-state index in [-0.39, 0.29) is 5.97 Å². The molecule has 0 amide bonds. The first-order chi connectivity index (χ1) is 13.6. The molecular formula is C21H20N4O2S. The standard InChI is InChI=1S/C21H20N4O2S/c1-4-27-20(26)15-8-10-16(11-9-15)23-21-24-18(14(3)28-21)19-13(2)22-17-7-5-6-12-25(17)19/h5-12H,4H2,1-3H3,(H,23,24). The van der Waals surface area contributed by atoms with E-state index in [0.717, 1.165) is 38.4 Å². The molecule has 0 aliphatic carbocycles. The van der Waals surface area contributed by atoms with Crippen molar-refractivity contribution in [2.24, 2.45) is 0 Å². The van der Waals surface area contributed by atoms with Gasteiger partial charge in [-0.3, -0.25) is 4.40 Å². The lowest BCUT2D eigenvalue weighted by Crippen LogP contribution is -2.04. The number of rotatable bonds is 5. The number of pyridine rings is 1. The fourth-order valence-corrected chi connectivity index (χ4v) is 3.93. The minimum Gasteiger partial charge on any atom is -0.462 e. The van der Waals surface area contributed by atoms with Crippen LogP contribution in [0, 0.1) is 13.8 Å². The molecule has 7 heteroatoms. The molecule has 0 aliphatic heterocycles. The van der Waals surface area contributed by atoms with Crippen LogP contribution in [0.15, 0.2) is 48.7 Å². The number of hydrogen-bond donors (Lipinski definition) is 1. The van der Waals surface area contributed by atoms with Crippen molar-refractivity contribution in [2.45, 2.75) is 20.8 Å². The third-order valence-corrected chi connectivity index (χ3v) is 5.26. The van der Waals surface area contributed by atoms with Gasteiger partial charge in [0, 0.05) is 16.8 Å². The molecule has 0 atom stereocenters. The predicted octanol–water partition coefficient (Wildman–Crippen LogP) is 4.99. The number of aromatic nitrogens is 3. The lowest BCUT2D eigenvalue weighted by Gasteiger charge is -2.05. The highest BCUT2D eigenvalue weighted by Gasteiger charge is 2.17. The zero-order valence-corrected chi connectivity index (χ0v) is 16.7. The van der Waals surface area contributed by atoms with Gasteiger partial charge in [0.1, 0.15) is 11.3 Å². The summed E-state index contributed by atoms with van der Waals surface area (Å²) >= 11 is 1.59. The molecule has 0 spiro atoms. The van der Waals surface area contributed by atoms with Crippen molar-refractivity contribution in [3.05, 3.63) is 64.8 Å². The third kappa shape index (κ3) is 3.36. The predicted molar refractivity (Wildman–Crippen MR) is 111 cm³/mol. The van der Waals surface area contributed by atoms with Gasteiger partial charge in [-0.05, 0) is 57.2 Å². The van der Waals surface area contributed by atoms with Crippen molar-refractivity contribution < 1.29 is 9.53 Å². The average Bonchev–Trinajstić information content (AvgIpc) is 3.20. The van der Waals surface area contributed by atoms with Crippen molar-refractivity contribution in [1.29, 1.82) is 0 Å². The van der Waals surface area contributed by atoms with Crippen LogP contribution in [0.2, 0.25) is 0 Å². The monoisotopic (exact) mass is 392 g/mol. The summed E-state index contributed by atoms with van der Waals surface area (Å²) in [5.41, 5.74) is 5.19. The van der Waals surface area contributed by atoms with Crippen LogP contribution in [0.4, 0.5) is 10.8 Å². The number of imidazole rings is 1. The summed E-state index contributed by atoms with van der Waals surface area (Å²) in [6.45, 7) is 6.22. The number of benzene rings is 1. The molecule has 142 valence electrons. The van der Waals surface area contributed by atoms with Crippen molar-refractivity contribution in [2.75, 3.05) is 11.9 Å². The number of nitrogens with zero attached hydrogens (tertiary/aromatic N) is 3. The molecule has 1 aromatic carbocycles. The number of fused-ring (bicyclic) bond motifs is 1. The fraction of sp³-hybridized carbons (Fsp3) is 0.190. The lowest BCUT2D eigenvalue weighted by atomic mass is 10.2. The molecule has 0 saturated carbocycles. The van der Waals surface area contributed by atoms with Gasteiger partial charge >= 0.3 is 5.97 Å². The number of hydrogen-bond acceptors (Lipinski definition) is 6. The molecule has 6 nitrogen and oxygen atoms in total. The van der Waals surface area contributed by atoms with Crippen LogP contribution in [-0.2, 0) is 4.74 Å². The van der Waals surface area contributed by atoms with Crippen LogP contribution in [-0.4, -0.2) is 26.9 Å². The molecule has 4 aromatic rings. The van der Waals surface area contributed by atoms with Gasteiger partial charge < -0.3 is 10.1 Å². The molecule has 0 radical (unpaired) electrons. The Morgan fingerprint density at radius 2 is 1.93 bits per heavy atom. The third-order valence-electron chi connectivity index (χ3n) is 4.37. The first-order valence-electron chi connectivity index (χ1n) is 9.02. The second-order valence-electron chi connectivity index (χ2n) is 6.32. The number of esters is 1. The van der Waals surface area contributed by atoms with Gasteiger partial charge in [-0.2, -0.15) is 0 Å². The highest BCUT2D eigenvalue weighted by molar-refractivity contribution is 7.16. The van der Waals surface area contributed by atoms with E-state index in [1.165, 1.54) is 0 Å². The van der Waals surface area contributed by atoms with Gasteiger partial charge in [0.15, 0.2) is 5.13 Å². The van der Waals surface area contributed by atoms with Crippen LogP contribution in [0.3, 0.4) is 0 Å². The van der Waals surface area contributed by atoms with Crippen molar-refractivity contribution >= 4 is 33.8 Å². The zero-order chi connectivity index (χ0) is 19.7. The molecule has 28 heavy (non-hydrogen) atoms. The number of carbonyl (C=O) groups excluding carboxylic acids is 1. The second kappa shape index (κ2) is 7.44. The molecule has 0 bridgehead atoms. The number of ether oxygens (including phenoxy) is 1. The Kier molecular flexibility index (Phi) is 4.83. The van der Waals surface area contributed by atoms with Crippen molar-refractivity contribution in [3.8, 4) is 11.4 Å². The minimum atomic E-state index is -0.315. The largest absolute Gasteiger partial charge is 0.462 e. The normalized spacial score (nSPS) is 11.0. The van der Waals surface area contributed by atoms with Crippen LogP contribution < -0.4 is 5.32 Å². The maximum atomic E-state index is 11.8. The fourth-order valence-electron chi connectivity index (χ4n) is 3.10. The lowest BCUT2D eigenvalue weighted by molar-refractivity contribution is 0.0526. The highest BCUT2D eigenvalue weighted by atomic mass is 32.1. The van der Waals surface area contributed by atoms with E-state index in [0.29, 0.717) is 12.2 Å². The van der Waals surface area contributed by atoms with Gasteiger partial charge in [0.25, 0.3) is 0 Å². The van der Waals surface area contributed by atoms with Gasteiger partial charge in [0.05, 0.1) is 23.6 Å². The summed E-state index contributed by atoms with van der Waals surface area (Å²) in [5, 5.41) is 4.11. The molecule has 0 fully saturated rings.